The van der Waals surface area contributed by atoms with Crippen LogP contribution in [0.2, 0.25) is 0 Å². The van der Waals surface area contributed by atoms with Gasteiger partial charge < -0.3 is 5.11 Å². The Balaban J connectivity index is 2.29. The second kappa shape index (κ2) is 3.85. The second-order valence-electron chi connectivity index (χ2n) is 3.98. The van der Waals surface area contributed by atoms with Crippen LogP contribution >= 0.6 is 0 Å². The molecule has 0 amide bonds. The molecule has 0 saturated heterocycles. The van der Waals surface area contributed by atoms with Gasteiger partial charge in [-0.25, -0.2) is 4.79 Å². The monoisotopic (exact) mass is 204 g/mol. The number of hydrogen-bond acceptors (Lipinski definition) is 2. The van der Waals surface area contributed by atoms with Crippen LogP contribution in [0.1, 0.15) is 39.1 Å². The molecule has 3 nitrogen and oxygen atoms in total. The number of hydrogen-bond donors (Lipinski definition) is 1. The SMILES string of the molecule is O=Cc1cc(C(=O)O)ccc1CC1CC1. The van der Waals surface area contributed by atoms with Gasteiger partial charge in [0.2, 0.25) is 0 Å². The molecule has 0 atom stereocenters. The van der Waals surface area contributed by atoms with E-state index in [4.69, 9.17) is 5.11 Å². The van der Waals surface area contributed by atoms with Crippen molar-refractivity contribution >= 4 is 12.3 Å². The third kappa shape index (κ3) is 2.24. The van der Waals surface area contributed by atoms with E-state index < -0.39 is 5.97 Å². The summed E-state index contributed by atoms with van der Waals surface area (Å²) in [7, 11) is 0. The molecule has 1 aromatic rings. The highest BCUT2D eigenvalue weighted by Gasteiger charge is 2.22. The zero-order valence-electron chi connectivity index (χ0n) is 8.27. The minimum absolute atomic E-state index is 0.177. The largest absolute Gasteiger partial charge is 0.478 e. The van der Waals surface area contributed by atoms with Crippen molar-refractivity contribution in [1.82, 2.24) is 0 Å². The molecule has 2 rings (SSSR count). The summed E-state index contributed by atoms with van der Waals surface area (Å²) >= 11 is 0. The van der Waals surface area contributed by atoms with Gasteiger partial charge in [0.1, 0.15) is 6.29 Å². The molecule has 0 spiro atoms. The molecule has 0 heterocycles. The Morgan fingerprint density at radius 3 is 2.73 bits per heavy atom. The molecule has 1 aromatic carbocycles. The lowest BCUT2D eigenvalue weighted by molar-refractivity contribution is 0.0697. The minimum atomic E-state index is -0.990. The Bertz CT molecular complexity index is 405. The van der Waals surface area contributed by atoms with Crippen LogP contribution in [0.5, 0.6) is 0 Å². The highest BCUT2D eigenvalue weighted by molar-refractivity contribution is 5.90. The first-order valence-corrected chi connectivity index (χ1v) is 5.02. The van der Waals surface area contributed by atoms with Crippen LogP contribution in [-0.4, -0.2) is 17.4 Å². The van der Waals surface area contributed by atoms with Crippen LogP contribution < -0.4 is 0 Å². The zero-order chi connectivity index (χ0) is 10.8. The summed E-state index contributed by atoms with van der Waals surface area (Å²) in [6, 6.07) is 4.77. The van der Waals surface area contributed by atoms with Crippen LogP contribution in [0.3, 0.4) is 0 Å². The summed E-state index contributed by atoms with van der Waals surface area (Å²) in [5.41, 5.74) is 1.66. The molecule has 0 aromatic heterocycles. The molecule has 0 aliphatic heterocycles. The zero-order valence-corrected chi connectivity index (χ0v) is 8.27. The van der Waals surface area contributed by atoms with E-state index in [1.54, 1.807) is 12.1 Å². The average molecular weight is 204 g/mol. The summed E-state index contributed by atoms with van der Waals surface area (Å²) < 4.78 is 0. The lowest BCUT2D eigenvalue weighted by atomic mass is 10.0. The van der Waals surface area contributed by atoms with Crippen molar-refractivity contribution in [3.05, 3.63) is 34.9 Å². The maximum absolute atomic E-state index is 10.8. The van der Waals surface area contributed by atoms with E-state index in [9.17, 15) is 9.59 Å². The van der Waals surface area contributed by atoms with Crippen molar-refractivity contribution in [3.63, 3.8) is 0 Å². The molecule has 1 N–H and O–H groups in total. The highest BCUT2D eigenvalue weighted by atomic mass is 16.4. The van der Waals surface area contributed by atoms with Gasteiger partial charge in [0, 0.05) is 5.56 Å². The van der Waals surface area contributed by atoms with Crippen molar-refractivity contribution in [3.8, 4) is 0 Å². The first kappa shape index (κ1) is 9.90. The van der Waals surface area contributed by atoms with E-state index in [0.29, 0.717) is 11.5 Å². The number of aldehydes is 1. The van der Waals surface area contributed by atoms with Crippen LogP contribution in [-0.2, 0) is 6.42 Å². The fourth-order valence-electron chi connectivity index (χ4n) is 1.66. The predicted molar refractivity (Wildman–Crippen MR) is 55.2 cm³/mol. The maximum atomic E-state index is 10.8. The normalized spacial score (nSPS) is 14.9. The predicted octanol–water partition coefficient (Wildman–Crippen LogP) is 2.15. The van der Waals surface area contributed by atoms with Crippen LogP contribution in [0.15, 0.2) is 18.2 Å². The topological polar surface area (TPSA) is 54.4 Å². The molecule has 0 bridgehead atoms. The smallest absolute Gasteiger partial charge is 0.335 e. The summed E-state index contributed by atoms with van der Waals surface area (Å²) in [5, 5.41) is 8.77. The van der Waals surface area contributed by atoms with Crippen molar-refractivity contribution in [1.29, 1.82) is 0 Å². The molecule has 0 radical (unpaired) electrons. The first-order chi connectivity index (χ1) is 7.20. The van der Waals surface area contributed by atoms with E-state index in [-0.39, 0.29) is 5.56 Å². The molecule has 1 fully saturated rings. The van der Waals surface area contributed by atoms with Gasteiger partial charge in [-0.05, 0) is 42.9 Å². The number of carboxylic acid groups (broad SMARTS) is 1. The molecular weight excluding hydrogens is 192 g/mol. The quantitative estimate of drug-likeness (QED) is 0.764. The third-order valence-electron chi connectivity index (χ3n) is 2.73. The molecule has 0 unspecified atom stereocenters. The Morgan fingerprint density at radius 1 is 1.47 bits per heavy atom. The maximum Gasteiger partial charge on any atom is 0.335 e. The lowest BCUT2D eigenvalue weighted by Gasteiger charge is -2.04. The molecule has 3 heteroatoms. The number of aromatic carboxylic acids is 1. The number of benzene rings is 1. The Morgan fingerprint density at radius 2 is 2.20 bits per heavy atom. The number of carbonyl (C=O) groups is 2. The average Bonchev–Trinajstić information content (AvgIpc) is 3.02. The van der Waals surface area contributed by atoms with Gasteiger partial charge in [-0.2, -0.15) is 0 Å². The molecule has 1 aliphatic carbocycles. The Hall–Kier alpha value is -1.64. The van der Waals surface area contributed by atoms with Crippen LogP contribution in [0, 0.1) is 5.92 Å². The van der Waals surface area contributed by atoms with E-state index in [2.05, 4.69) is 0 Å². The van der Waals surface area contributed by atoms with E-state index in [0.717, 1.165) is 18.3 Å². The molecule has 78 valence electrons. The minimum Gasteiger partial charge on any atom is -0.478 e. The number of carboxylic acids is 1. The van der Waals surface area contributed by atoms with Gasteiger partial charge in [0.25, 0.3) is 0 Å². The van der Waals surface area contributed by atoms with E-state index in [1.807, 2.05) is 0 Å². The Kier molecular flexibility index (Phi) is 2.54. The lowest BCUT2D eigenvalue weighted by Crippen LogP contribution is -2.01. The summed E-state index contributed by atoms with van der Waals surface area (Å²) in [5.74, 6) is -0.296. The molecule has 15 heavy (non-hydrogen) atoms. The summed E-state index contributed by atoms with van der Waals surface area (Å²) in [6.45, 7) is 0. The van der Waals surface area contributed by atoms with Gasteiger partial charge in [-0.1, -0.05) is 6.07 Å². The summed E-state index contributed by atoms with van der Waals surface area (Å²) in [6.07, 6.45) is 4.08. The fourth-order valence-corrected chi connectivity index (χ4v) is 1.66. The second-order valence-corrected chi connectivity index (χ2v) is 3.98. The molecular formula is C12H12O3. The third-order valence-corrected chi connectivity index (χ3v) is 2.73. The number of carbonyl (C=O) groups excluding carboxylic acids is 1. The van der Waals surface area contributed by atoms with Crippen molar-refractivity contribution in [2.45, 2.75) is 19.3 Å². The van der Waals surface area contributed by atoms with Crippen molar-refractivity contribution in [2.24, 2.45) is 5.92 Å². The Labute approximate surface area is 87.7 Å². The van der Waals surface area contributed by atoms with Gasteiger partial charge >= 0.3 is 5.97 Å². The van der Waals surface area contributed by atoms with Crippen molar-refractivity contribution in [2.75, 3.05) is 0 Å². The highest BCUT2D eigenvalue weighted by Crippen LogP contribution is 2.33. The van der Waals surface area contributed by atoms with Gasteiger partial charge in [0.15, 0.2) is 0 Å². The first-order valence-electron chi connectivity index (χ1n) is 5.02. The van der Waals surface area contributed by atoms with Gasteiger partial charge in [0.05, 0.1) is 5.56 Å². The molecule has 1 saturated carbocycles. The summed E-state index contributed by atoms with van der Waals surface area (Å²) in [4.78, 5) is 21.5. The molecule has 1 aliphatic rings. The fraction of sp³-hybridized carbons (Fsp3) is 0.333. The van der Waals surface area contributed by atoms with Gasteiger partial charge in [-0.15, -0.1) is 0 Å². The number of rotatable bonds is 4. The van der Waals surface area contributed by atoms with Crippen LogP contribution in [0.25, 0.3) is 0 Å². The standard InChI is InChI=1S/C12H12O3/c13-7-11-6-10(12(14)15)4-3-9(11)5-8-1-2-8/h3-4,6-8H,1-2,5H2,(H,14,15). The van der Waals surface area contributed by atoms with Crippen LogP contribution in [0.4, 0.5) is 0 Å². The van der Waals surface area contributed by atoms with Gasteiger partial charge in [-0.3, -0.25) is 4.79 Å². The van der Waals surface area contributed by atoms with Crippen molar-refractivity contribution < 1.29 is 14.7 Å². The van der Waals surface area contributed by atoms with E-state index >= 15 is 0 Å². The van der Waals surface area contributed by atoms with E-state index in [1.165, 1.54) is 18.9 Å².